The van der Waals surface area contributed by atoms with Gasteiger partial charge in [0.25, 0.3) is 0 Å². The van der Waals surface area contributed by atoms with Crippen molar-refractivity contribution in [3.63, 3.8) is 0 Å². The van der Waals surface area contributed by atoms with Crippen LogP contribution in [0.3, 0.4) is 0 Å². The van der Waals surface area contributed by atoms with Crippen molar-refractivity contribution in [2.75, 3.05) is 26.2 Å². The van der Waals surface area contributed by atoms with Crippen LogP contribution in [0.1, 0.15) is 0 Å². The molecule has 20 heavy (non-hydrogen) atoms. The topological polar surface area (TPSA) is 49.4 Å². The van der Waals surface area contributed by atoms with E-state index in [1.54, 1.807) is 0 Å². The lowest BCUT2D eigenvalue weighted by Crippen LogP contribution is -2.32. The van der Waals surface area contributed by atoms with Crippen LogP contribution in [0.5, 0.6) is 0 Å². The Bertz CT molecular complexity index is 641. The van der Waals surface area contributed by atoms with E-state index < -0.39 is 26.6 Å². The van der Waals surface area contributed by atoms with Gasteiger partial charge in [-0.1, -0.05) is 0 Å². The quantitative estimate of drug-likeness (QED) is 0.808. The summed E-state index contributed by atoms with van der Waals surface area (Å²) >= 11 is 2.90. The van der Waals surface area contributed by atoms with Gasteiger partial charge in [-0.05, 0) is 46.9 Å². The fraction of sp³-hybridized carbons (Fsp3) is 0.500. The van der Waals surface area contributed by atoms with E-state index in [4.69, 9.17) is 0 Å². The second-order valence-corrected chi connectivity index (χ2v) is 7.96. The van der Waals surface area contributed by atoms with Crippen LogP contribution in [-0.2, 0) is 10.0 Å². The minimum atomic E-state index is -3.92. The third-order valence-corrected chi connectivity index (χ3v) is 6.40. The van der Waals surface area contributed by atoms with Crippen molar-refractivity contribution in [2.45, 2.75) is 4.90 Å². The standard InChI is InChI=1S/C12H13BrF2N2O2S/c13-9-1-12(11(15)2-10(9)14)20(18,19)17-5-7-3-16-4-8(7)6-17/h1-2,7-8,16H,3-6H2/t7-,8+. The van der Waals surface area contributed by atoms with Gasteiger partial charge in [-0.3, -0.25) is 0 Å². The van der Waals surface area contributed by atoms with Gasteiger partial charge in [0.1, 0.15) is 16.5 Å². The predicted octanol–water partition coefficient (Wildman–Crippen LogP) is 1.57. The number of benzene rings is 1. The molecule has 2 aliphatic heterocycles. The number of sulfonamides is 1. The lowest BCUT2D eigenvalue weighted by molar-refractivity contribution is 0.442. The summed E-state index contributed by atoms with van der Waals surface area (Å²) in [4.78, 5) is -0.473. The third-order valence-electron chi connectivity index (χ3n) is 3.95. The smallest absolute Gasteiger partial charge is 0.246 e. The van der Waals surface area contributed by atoms with E-state index in [9.17, 15) is 17.2 Å². The van der Waals surface area contributed by atoms with Crippen molar-refractivity contribution in [1.29, 1.82) is 0 Å². The number of fused-ring (bicyclic) bond motifs is 1. The molecule has 1 N–H and O–H groups in total. The Morgan fingerprint density at radius 1 is 1.15 bits per heavy atom. The second kappa shape index (κ2) is 5.01. The predicted molar refractivity (Wildman–Crippen MR) is 72.7 cm³/mol. The molecule has 2 heterocycles. The van der Waals surface area contributed by atoms with E-state index in [0.29, 0.717) is 19.2 Å². The maximum Gasteiger partial charge on any atom is 0.246 e. The molecule has 1 aromatic carbocycles. The van der Waals surface area contributed by atoms with Gasteiger partial charge in [0.2, 0.25) is 10.0 Å². The van der Waals surface area contributed by atoms with Crippen LogP contribution in [-0.4, -0.2) is 38.9 Å². The van der Waals surface area contributed by atoms with E-state index in [2.05, 4.69) is 21.2 Å². The molecule has 1 aromatic rings. The molecule has 0 radical (unpaired) electrons. The maximum absolute atomic E-state index is 13.8. The van der Waals surface area contributed by atoms with Gasteiger partial charge < -0.3 is 5.32 Å². The molecule has 2 atom stereocenters. The number of hydrogen-bond acceptors (Lipinski definition) is 3. The van der Waals surface area contributed by atoms with E-state index >= 15 is 0 Å². The Morgan fingerprint density at radius 3 is 2.35 bits per heavy atom. The highest BCUT2D eigenvalue weighted by atomic mass is 79.9. The molecule has 0 unspecified atom stereocenters. The Kier molecular flexibility index (Phi) is 3.60. The summed E-state index contributed by atoms with van der Waals surface area (Å²) in [5.74, 6) is -1.32. The van der Waals surface area contributed by atoms with Crippen LogP contribution in [0.25, 0.3) is 0 Å². The van der Waals surface area contributed by atoms with E-state index in [0.717, 1.165) is 19.2 Å². The lowest BCUT2D eigenvalue weighted by atomic mass is 10.0. The van der Waals surface area contributed by atoms with Gasteiger partial charge in [-0.15, -0.1) is 0 Å². The fourth-order valence-electron chi connectivity index (χ4n) is 2.85. The van der Waals surface area contributed by atoms with Crippen LogP contribution >= 0.6 is 15.9 Å². The van der Waals surface area contributed by atoms with Crippen LogP contribution in [0, 0.1) is 23.5 Å². The Morgan fingerprint density at radius 2 is 1.75 bits per heavy atom. The highest BCUT2D eigenvalue weighted by molar-refractivity contribution is 9.10. The molecule has 2 saturated heterocycles. The van der Waals surface area contributed by atoms with E-state index in [1.165, 1.54) is 4.31 Å². The minimum Gasteiger partial charge on any atom is -0.316 e. The summed E-state index contributed by atoms with van der Waals surface area (Å²) in [5, 5.41) is 3.21. The summed E-state index contributed by atoms with van der Waals surface area (Å²) < 4.78 is 53.2. The molecular weight excluding hydrogens is 354 g/mol. The number of halogens is 3. The van der Waals surface area contributed by atoms with Gasteiger partial charge in [-0.25, -0.2) is 17.2 Å². The van der Waals surface area contributed by atoms with Gasteiger partial charge in [0, 0.05) is 19.2 Å². The largest absolute Gasteiger partial charge is 0.316 e. The van der Waals surface area contributed by atoms with Gasteiger partial charge in [-0.2, -0.15) is 4.31 Å². The summed E-state index contributed by atoms with van der Waals surface area (Å²) in [6.07, 6.45) is 0. The second-order valence-electron chi connectivity index (χ2n) is 5.20. The highest BCUT2D eigenvalue weighted by Crippen LogP contribution is 2.32. The number of rotatable bonds is 2. The molecule has 0 aromatic heterocycles. The van der Waals surface area contributed by atoms with E-state index in [1.807, 2.05) is 0 Å². The first-order chi connectivity index (χ1) is 9.39. The fourth-order valence-corrected chi connectivity index (χ4v) is 4.97. The van der Waals surface area contributed by atoms with Crippen molar-refractivity contribution in [1.82, 2.24) is 9.62 Å². The molecule has 3 rings (SSSR count). The van der Waals surface area contributed by atoms with Gasteiger partial charge >= 0.3 is 0 Å². The zero-order valence-corrected chi connectivity index (χ0v) is 12.8. The van der Waals surface area contributed by atoms with Gasteiger partial charge in [0.15, 0.2) is 0 Å². The van der Waals surface area contributed by atoms with Crippen molar-refractivity contribution < 1.29 is 17.2 Å². The SMILES string of the molecule is O=S(=O)(c1cc(Br)c(F)cc1F)N1C[C@H]2CNC[C@H]2C1. The maximum atomic E-state index is 13.8. The Balaban J connectivity index is 1.95. The van der Waals surface area contributed by atoms with Crippen molar-refractivity contribution >= 4 is 26.0 Å². The number of nitrogens with one attached hydrogen (secondary N) is 1. The number of nitrogens with zero attached hydrogens (tertiary/aromatic N) is 1. The average molecular weight is 367 g/mol. The van der Waals surface area contributed by atoms with Crippen molar-refractivity contribution in [3.05, 3.63) is 28.2 Å². The molecular formula is C12H13BrF2N2O2S. The average Bonchev–Trinajstić information content (AvgIpc) is 2.94. The first-order valence-electron chi connectivity index (χ1n) is 6.25. The zero-order valence-electron chi connectivity index (χ0n) is 10.4. The van der Waals surface area contributed by atoms with Crippen LogP contribution in [0.15, 0.2) is 21.5 Å². The van der Waals surface area contributed by atoms with Crippen LogP contribution in [0.4, 0.5) is 8.78 Å². The third kappa shape index (κ3) is 2.28. The lowest BCUT2D eigenvalue weighted by Gasteiger charge is -2.18. The summed E-state index contributed by atoms with van der Waals surface area (Å²) in [5.41, 5.74) is 0. The van der Waals surface area contributed by atoms with Crippen LogP contribution < -0.4 is 5.32 Å². The molecule has 2 fully saturated rings. The molecule has 0 amide bonds. The molecule has 110 valence electrons. The summed E-state index contributed by atoms with van der Waals surface area (Å²) in [7, 11) is -3.92. The molecule has 0 bridgehead atoms. The Hall–Kier alpha value is -0.570. The first kappa shape index (κ1) is 14.4. The molecule has 2 aliphatic rings. The highest BCUT2D eigenvalue weighted by Gasteiger charge is 2.42. The van der Waals surface area contributed by atoms with Crippen molar-refractivity contribution in [3.8, 4) is 0 Å². The summed E-state index contributed by atoms with van der Waals surface area (Å²) in [6, 6.07) is 1.59. The molecule has 0 saturated carbocycles. The zero-order chi connectivity index (χ0) is 14.5. The monoisotopic (exact) mass is 366 g/mol. The Labute approximate surface area is 124 Å². The molecule has 0 aliphatic carbocycles. The molecule has 4 nitrogen and oxygen atoms in total. The first-order valence-corrected chi connectivity index (χ1v) is 8.48. The van der Waals surface area contributed by atoms with Crippen LogP contribution in [0.2, 0.25) is 0 Å². The normalized spacial score (nSPS) is 26.9. The van der Waals surface area contributed by atoms with E-state index in [-0.39, 0.29) is 16.3 Å². The molecule has 8 heteroatoms. The summed E-state index contributed by atoms with van der Waals surface area (Å²) in [6.45, 7) is 2.33. The minimum absolute atomic E-state index is 0.0569. The number of hydrogen-bond donors (Lipinski definition) is 1. The van der Waals surface area contributed by atoms with Gasteiger partial charge in [0.05, 0.1) is 4.47 Å². The van der Waals surface area contributed by atoms with Crippen molar-refractivity contribution in [2.24, 2.45) is 11.8 Å². The molecule has 0 spiro atoms.